The van der Waals surface area contributed by atoms with E-state index in [-0.39, 0.29) is 12.6 Å². The van der Waals surface area contributed by atoms with Crippen molar-refractivity contribution in [3.05, 3.63) is 29.8 Å². The molecule has 0 aromatic heterocycles. The number of benzene rings is 1. The van der Waals surface area contributed by atoms with Gasteiger partial charge in [-0.05, 0) is 31.4 Å². The lowest BCUT2D eigenvalue weighted by Crippen LogP contribution is -2.50. The highest BCUT2D eigenvalue weighted by molar-refractivity contribution is 5.90. The third kappa shape index (κ3) is 2.82. The first-order valence-electron chi connectivity index (χ1n) is 6.41. The minimum atomic E-state index is -0.424. The van der Waals surface area contributed by atoms with Gasteiger partial charge < -0.3 is 15.7 Å². The van der Waals surface area contributed by atoms with E-state index in [1.54, 1.807) is 0 Å². The first kappa shape index (κ1) is 12.9. The molecule has 98 valence electrons. The van der Waals surface area contributed by atoms with Gasteiger partial charge in [0.1, 0.15) is 0 Å². The molecule has 2 amide bonds. The summed E-state index contributed by atoms with van der Waals surface area (Å²) in [5.41, 5.74) is 1.41. The number of aliphatic hydroxyl groups is 1. The average Bonchev–Trinajstić information content (AvgIpc) is 2.81. The Labute approximate surface area is 107 Å². The quantitative estimate of drug-likeness (QED) is 0.769. The van der Waals surface area contributed by atoms with Crippen molar-refractivity contribution in [3.63, 3.8) is 0 Å². The zero-order valence-corrected chi connectivity index (χ0v) is 10.7. The van der Waals surface area contributed by atoms with E-state index < -0.39 is 5.54 Å². The summed E-state index contributed by atoms with van der Waals surface area (Å²) in [5.74, 6) is 0. The molecule has 0 spiro atoms. The van der Waals surface area contributed by atoms with Crippen molar-refractivity contribution in [2.45, 2.75) is 38.1 Å². The summed E-state index contributed by atoms with van der Waals surface area (Å²) in [4.78, 5) is 12.0. The Kier molecular flexibility index (Phi) is 3.87. The van der Waals surface area contributed by atoms with Crippen molar-refractivity contribution >= 4 is 11.7 Å². The van der Waals surface area contributed by atoms with Crippen LogP contribution in [0.4, 0.5) is 10.5 Å². The molecule has 0 unspecified atom stereocenters. The van der Waals surface area contributed by atoms with Gasteiger partial charge >= 0.3 is 6.03 Å². The Bertz CT molecular complexity index is 426. The van der Waals surface area contributed by atoms with E-state index in [1.165, 1.54) is 0 Å². The highest BCUT2D eigenvalue weighted by atomic mass is 16.3. The Morgan fingerprint density at radius 1 is 1.33 bits per heavy atom. The molecule has 1 saturated carbocycles. The van der Waals surface area contributed by atoms with Crippen LogP contribution in [0.1, 0.15) is 31.2 Å². The highest BCUT2D eigenvalue weighted by Gasteiger charge is 2.34. The van der Waals surface area contributed by atoms with E-state index in [0.717, 1.165) is 36.9 Å². The molecule has 0 heterocycles. The first-order valence-corrected chi connectivity index (χ1v) is 6.41. The number of para-hydroxylation sites is 1. The van der Waals surface area contributed by atoms with Crippen LogP contribution in [0, 0.1) is 6.92 Å². The largest absolute Gasteiger partial charge is 0.394 e. The number of hydrogen-bond donors (Lipinski definition) is 3. The van der Waals surface area contributed by atoms with Gasteiger partial charge in [-0.15, -0.1) is 0 Å². The van der Waals surface area contributed by atoms with Gasteiger partial charge in [-0.2, -0.15) is 0 Å². The van der Waals surface area contributed by atoms with E-state index in [2.05, 4.69) is 10.6 Å². The van der Waals surface area contributed by atoms with Crippen LogP contribution in [0.5, 0.6) is 0 Å². The van der Waals surface area contributed by atoms with Gasteiger partial charge in [0.05, 0.1) is 12.1 Å². The molecule has 0 radical (unpaired) electrons. The van der Waals surface area contributed by atoms with Crippen LogP contribution >= 0.6 is 0 Å². The number of rotatable bonds is 3. The summed E-state index contributed by atoms with van der Waals surface area (Å²) >= 11 is 0. The third-order valence-corrected chi connectivity index (χ3v) is 3.64. The Balaban J connectivity index is 1.98. The predicted octanol–water partition coefficient (Wildman–Crippen LogP) is 2.42. The molecule has 18 heavy (non-hydrogen) atoms. The molecule has 4 heteroatoms. The van der Waals surface area contributed by atoms with Gasteiger partial charge in [0, 0.05) is 5.69 Å². The number of anilines is 1. The molecule has 1 aliphatic carbocycles. The maximum Gasteiger partial charge on any atom is 0.319 e. The Morgan fingerprint density at radius 3 is 2.61 bits per heavy atom. The van der Waals surface area contributed by atoms with Gasteiger partial charge in [0.25, 0.3) is 0 Å². The number of carbonyl (C=O) groups excluding carboxylic acids is 1. The number of aryl methyl sites for hydroxylation is 1. The molecular weight excluding hydrogens is 228 g/mol. The fraction of sp³-hybridized carbons (Fsp3) is 0.500. The van der Waals surface area contributed by atoms with E-state index in [9.17, 15) is 9.90 Å². The SMILES string of the molecule is Cc1ccccc1NC(=O)NC1(CO)CCCC1. The number of urea groups is 1. The Morgan fingerprint density at radius 2 is 2.00 bits per heavy atom. The highest BCUT2D eigenvalue weighted by Crippen LogP contribution is 2.29. The normalized spacial score (nSPS) is 17.4. The zero-order chi connectivity index (χ0) is 13.0. The van der Waals surface area contributed by atoms with Crippen molar-refractivity contribution in [3.8, 4) is 0 Å². The molecule has 4 nitrogen and oxygen atoms in total. The molecule has 1 fully saturated rings. The summed E-state index contributed by atoms with van der Waals surface area (Å²) in [6, 6.07) is 7.41. The maximum absolute atomic E-state index is 12.0. The molecule has 0 saturated heterocycles. The molecule has 1 aromatic rings. The van der Waals surface area contributed by atoms with Crippen molar-refractivity contribution < 1.29 is 9.90 Å². The Hall–Kier alpha value is -1.55. The lowest BCUT2D eigenvalue weighted by molar-refractivity contribution is 0.167. The predicted molar refractivity (Wildman–Crippen MR) is 71.6 cm³/mol. The van der Waals surface area contributed by atoms with E-state index in [4.69, 9.17) is 0 Å². The van der Waals surface area contributed by atoms with Gasteiger partial charge in [-0.25, -0.2) is 4.79 Å². The molecule has 2 rings (SSSR count). The minimum absolute atomic E-state index is 0.00813. The topological polar surface area (TPSA) is 61.4 Å². The number of amides is 2. The van der Waals surface area contributed by atoms with Crippen LogP contribution in [0.3, 0.4) is 0 Å². The van der Waals surface area contributed by atoms with Gasteiger partial charge in [0.2, 0.25) is 0 Å². The van der Waals surface area contributed by atoms with E-state index >= 15 is 0 Å². The lowest BCUT2D eigenvalue weighted by Gasteiger charge is -2.28. The first-order chi connectivity index (χ1) is 8.65. The molecule has 3 N–H and O–H groups in total. The number of aliphatic hydroxyl groups excluding tert-OH is 1. The second-order valence-corrected chi connectivity index (χ2v) is 5.04. The van der Waals surface area contributed by atoms with Gasteiger partial charge in [-0.3, -0.25) is 0 Å². The smallest absolute Gasteiger partial charge is 0.319 e. The van der Waals surface area contributed by atoms with Crippen molar-refractivity contribution in [2.75, 3.05) is 11.9 Å². The maximum atomic E-state index is 12.0. The fourth-order valence-corrected chi connectivity index (χ4v) is 2.48. The number of hydrogen-bond acceptors (Lipinski definition) is 2. The van der Waals surface area contributed by atoms with E-state index in [1.807, 2.05) is 31.2 Å². The van der Waals surface area contributed by atoms with Crippen molar-refractivity contribution in [1.29, 1.82) is 0 Å². The van der Waals surface area contributed by atoms with Crippen LogP contribution in [0.2, 0.25) is 0 Å². The van der Waals surface area contributed by atoms with Crippen LogP contribution in [0.25, 0.3) is 0 Å². The van der Waals surface area contributed by atoms with Crippen LogP contribution in [0.15, 0.2) is 24.3 Å². The van der Waals surface area contributed by atoms with Crippen LogP contribution in [-0.2, 0) is 0 Å². The molecule has 0 aliphatic heterocycles. The summed E-state index contributed by atoms with van der Waals surface area (Å²) in [6.45, 7) is 1.96. The summed E-state index contributed by atoms with van der Waals surface area (Å²) in [6.07, 6.45) is 3.83. The van der Waals surface area contributed by atoms with Crippen molar-refractivity contribution in [1.82, 2.24) is 5.32 Å². The van der Waals surface area contributed by atoms with Gasteiger partial charge in [0.15, 0.2) is 0 Å². The monoisotopic (exact) mass is 248 g/mol. The van der Waals surface area contributed by atoms with Gasteiger partial charge in [-0.1, -0.05) is 31.0 Å². The third-order valence-electron chi connectivity index (χ3n) is 3.64. The summed E-state index contributed by atoms with van der Waals surface area (Å²) in [5, 5.41) is 15.2. The number of nitrogens with one attached hydrogen (secondary N) is 2. The molecular formula is C14H20N2O2. The molecule has 1 aromatic carbocycles. The fourth-order valence-electron chi connectivity index (χ4n) is 2.48. The van der Waals surface area contributed by atoms with Crippen LogP contribution < -0.4 is 10.6 Å². The lowest BCUT2D eigenvalue weighted by atomic mass is 9.99. The second kappa shape index (κ2) is 5.40. The molecule has 1 aliphatic rings. The number of carbonyl (C=O) groups is 1. The van der Waals surface area contributed by atoms with Crippen molar-refractivity contribution in [2.24, 2.45) is 0 Å². The minimum Gasteiger partial charge on any atom is -0.394 e. The second-order valence-electron chi connectivity index (χ2n) is 5.04. The standard InChI is InChI=1S/C14H20N2O2/c1-11-6-2-3-7-12(11)15-13(18)16-14(10-17)8-4-5-9-14/h2-3,6-7,17H,4-5,8-10H2,1H3,(H2,15,16,18). The summed E-state index contributed by atoms with van der Waals surface area (Å²) in [7, 11) is 0. The van der Waals surface area contributed by atoms with Crippen LogP contribution in [-0.4, -0.2) is 23.3 Å². The summed E-state index contributed by atoms with van der Waals surface area (Å²) < 4.78 is 0. The molecule has 0 atom stereocenters. The average molecular weight is 248 g/mol. The zero-order valence-electron chi connectivity index (χ0n) is 10.7. The molecule has 0 bridgehead atoms. The van der Waals surface area contributed by atoms with E-state index in [0.29, 0.717) is 0 Å².